The van der Waals surface area contributed by atoms with Gasteiger partial charge in [0.05, 0.1) is 27.9 Å². The number of hydrogen-bond donors (Lipinski definition) is 4. The molecule has 15 heteroatoms. The molecule has 2 amide bonds. The average Bonchev–Trinajstić information content (AvgIpc) is 3.77. The van der Waals surface area contributed by atoms with Crippen molar-refractivity contribution in [3.63, 3.8) is 0 Å². The minimum Gasteiger partial charge on any atom is -0.493 e. The van der Waals surface area contributed by atoms with Crippen molar-refractivity contribution in [1.29, 1.82) is 0 Å². The van der Waals surface area contributed by atoms with Crippen molar-refractivity contribution in [1.82, 2.24) is 20.5 Å². The molecule has 332 valence electrons. The molecule has 2 aromatic carbocycles. The summed E-state index contributed by atoms with van der Waals surface area (Å²) in [6.07, 6.45) is 9.71. The van der Waals surface area contributed by atoms with Crippen LogP contribution in [0.15, 0.2) is 53.3 Å². The lowest BCUT2D eigenvalue weighted by Gasteiger charge is -2.43. The summed E-state index contributed by atoms with van der Waals surface area (Å²) in [4.78, 5) is 52.5. The zero-order chi connectivity index (χ0) is 43.9. The van der Waals surface area contributed by atoms with Crippen molar-refractivity contribution in [2.45, 2.75) is 107 Å². The third-order valence-electron chi connectivity index (χ3n) is 14.0. The number of hydrazone groups is 1. The summed E-state index contributed by atoms with van der Waals surface area (Å²) < 4.78 is 23.2. The number of aliphatic carboxylic acids is 2. The fourth-order valence-corrected chi connectivity index (χ4v) is 10.6. The van der Waals surface area contributed by atoms with Gasteiger partial charge in [-0.25, -0.2) is 10.2 Å². The quantitative estimate of drug-likeness (QED) is 0.116. The third kappa shape index (κ3) is 10.2. The molecule has 2 saturated carbocycles. The van der Waals surface area contributed by atoms with E-state index in [1.165, 1.54) is 11.1 Å². The summed E-state index contributed by atoms with van der Waals surface area (Å²) in [5.74, 6) is -1.39. The standard InChI is InChI=1S/C46H63N5O10/c1-29(13-20-61-38-26-33(8-10-36(38)59-5)46-15-12-34(48-49-43(55)44(56)57)27-40(46)51(3)19-17-46)21-31(24-42(53)54)23-41(52)47-28-30-11-14-45(16-18-50(2)39(45)22-30)32-7-9-35(58-4)37(25-32)60-6/h7-10,25-26,28-29,31,39-40H,11-24,27H2,1-6H3,(H,47,52)(H,49,55)(H,53,54)(H,56,57)/b30-28+,48-34+. The van der Waals surface area contributed by atoms with E-state index in [1.807, 2.05) is 18.3 Å². The number of likely N-dealkylation sites (N-methyl/N-ethyl adjacent to an activating group) is 2. The number of carboxylic acid groups (broad SMARTS) is 2. The van der Waals surface area contributed by atoms with Gasteiger partial charge in [0.2, 0.25) is 5.91 Å². The lowest BCUT2D eigenvalue weighted by atomic mass is 9.65. The number of likely N-dealkylation sites (tertiary alicyclic amines) is 2. The number of carbonyl (C=O) groups is 4. The number of benzene rings is 2. The summed E-state index contributed by atoms with van der Waals surface area (Å²) in [6, 6.07) is 12.7. The van der Waals surface area contributed by atoms with Crippen LogP contribution in [0.25, 0.3) is 0 Å². The number of ether oxygens (including phenoxy) is 4. The van der Waals surface area contributed by atoms with E-state index in [4.69, 9.17) is 24.1 Å². The summed E-state index contributed by atoms with van der Waals surface area (Å²) in [6.45, 7) is 4.31. The van der Waals surface area contributed by atoms with E-state index in [9.17, 15) is 24.3 Å². The van der Waals surface area contributed by atoms with E-state index >= 15 is 0 Å². The van der Waals surface area contributed by atoms with Crippen molar-refractivity contribution in [2.24, 2.45) is 16.9 Å². The smallest absolute Gasteiger partial charge is 0.396 e. The van der Waals surface area contributed by atoms with Gasteiger partial charge >= 0.3 is 17.8 Å². The molecule has 61 heavy (non-hydrogen) atoms. The molecular weight excluding hydrogens is 783 g/mol. The molecule has 4 aliphatic rings. The zero-order valence-electron chi connectivity index (χ0n) is 36.5. The van der Waals surface area contributed by atoms with Gasteiger partial charge in [0, 0.05) is 54.1 Å². The predicted molar refractivity (Wildman–Crippen MR) is 229 cm³/mol. The first-order valence-electron chi connectivity index (χ1n) is 21.4. The fourth-order valence-electron chi connectivity index (χ4n) is 10.6. The van der Waals surface area contributed by atoms with Crippen LogP contribution in [0, 0.1) is 11.8 Å². The molecule has 2 aromatic rings. The van der Waals surface area contributed by atoms with Crippen LogP contribution in [0.5, 0.6) is 23.0 Å². The van der Waals surface area contributed by atoms with Gasteiger partial charge in [-0.05, 0) is 132 Å². The molecule has 6 rings (SSSR count). The van der Waals surface area contributed by atoms with Gasteiger partial charge in [-0.3, -0.25) is 14.4 Å². The molecular formula is C46H63N5O10. The maximum absolute atomic E-state index is 13.3. The molecule has 2 aliphatic heterocycles. The number of nitrogens with zero attached hydrogens (tertiary/aromatic N) is 3. The van der Waals surface area contributed by atoms with Crippen molar-refractivity contribution in [3.8, 4) is 23.0 Å². The molecule has 4 N–H and O–H groups in total. The first-order valence-corrected chi connectivity index (χ1v) is 21.4. The van der Waals surface area contributed by atoms with Crippen molar-refractivity contribution in [3.05, 3.63) is 59.3 Å². The van der Waals surface area contributed by atoms with E-state index in [0.717, 1.165) is 68.6 Å². The number of fused-ring (bicyclic) bond motifs is 2. The first kappa shape index (κ1) is 45.4. The molecule has 0 aromatic heterocycles. The van der Waals surface area contributed by atoms with Crippen LogP contribution < -0.4 is 29.7 Å². The van der Waals surface area contributed by atoms with Gasteiger partial charge < -0.3 is 44.3 Å². The molecule has 0 bridgehead atoms. The summed E-state index contributed by atoms with van der Waals surface area (Å²) in [5.41, 5.74) is 6.28. The number of hydrogen-bond acceptors (Lipinski definition) is 11. The second-order valence-corrected chi connectivity index (χ2v) is 17.6. The maximum atomic E-state index is 13.3. The van der Waals surface area contributed by atoms with E-state index < -0.39 is 17.8 Å². The Bertz CT molecular complexity index is 2000. The highest BCUT2D eigenvalue weighted by atomic mass is 16.5. The van der Waals surface area contributed by atoms with Crippen LogP contribution >= 0.6 is 0 Å². The Hall–Kier alpha value is -5.15. The molecule has 2 heterocycles. The summed E-state index contributed by atoms with van der Waals surface area (Å²) in [5, 5.41) is 25.9. The molecule has 6 unspecified atom stereocenters. The second-order valence-electron chi connectivity index (χ2n) is 17.6. The van der Waals surface area contributed by atoms with Crippen molar-refractivity contribution >= 4 is 29.5 Å². The van der Waals surface area contributed by atoms with Gasteiger partial charge in [0.25, 0.3) is 0 Å². The fraction of sp³-hybridized carbons (Fsp3) is 0.587. The Morgan fingerprint density at radius 3 is 2.02 bits per heavy atom. The summed E-state index contributed by atoms with van der Waals surface area (Å²) >= 11 is 0. The molecule has 2 aliphatic carbocycles. The zero-order valence-corrected chi connectivity index (χ0v) is 36.5. The monoisotopic (exact) mass is 845 g/mol. The molecule has 0 spiro atoms. The highest BCUT2D eigenvalue weighted by Gasteiger charge is 2.51. The number of carboxylic acids is 2. The third-order valence-corrected chi connectivity index (χ3v) is 14.0. The maximum Gasteiger partial charge on any atom is 0.396 e. The predicted octanol–water partition coefficient (Wildman–Crippen LogP) is 5.50. The van der Waals surface area contributed by atoms with Crippen molar-refractivity contribution < 1.29 is 48.3 Å². The van der Waals surface area contributed by atoms with Gasteiger partial charge in [-0.2, -0.15) is 5.10 Å². The van der Waals surface area contributed by atoms with E-state index in [0.29, 0.717) is 49.5 Å². The van der Waals surface area contributed by atoms with Crippen LogP contribution in [-0.2, 0) is 30.0 Å². The SMILES string of the molecule is COc1ccc(C23CC/C(=C\NC(=O)CC(CC(=O)O)CC(C)CCOc4cc(C56CC/C(=N\NC(=O)C(=O)O)CC5N(C)CC6)ccc4OC)CC2N(C)CC3)cc1OC. The molecule has 6 atom stereocenters. The van der Waals surface area contributed by atoms with Gasteiger partial charge in [0.15, 0.2) is 23.0 Å². The number of amides is 2. The van der Waals surface area contributed by atoms with Gasteiger partial charge in [0.1, 0.15) is 0 Å². The number of methoxy groups -OCH3 is 3. The largest absolute Gasteiger partial charge is 0.493 e. The average molecular weight is 846 g/mol. The highest BCUT2D eigenvalue weighted by Crippen LogP contribution is 2.52. The minimum absolute atomic E-state index is 0.0174. The lowest BCUT2D eigenvalue weighted by molar-refractivity contribution is -0.150. The summed E-state index contributed by atoms with van der Waals surface area (Å²) in [7, 11) is 9.15. The van der Waals surface area contributed by atoms with E-state index in [2.05, 4.69) is 70.9 Å². The molecule has 15 nitrogen and oxygen atoms in total. The number of carbonyl (C=O) groups excluding carboxylic acids is 2. The van der Waals surface area contributed by atoms with Crippen LogP contribution in [0.3, 0.4) is 0 Å². The number of rotatable bonds is 17. The minimum atomic E-state index is -1.57. The molecule has 2 saturated heterocycles. The van der Waals surface area contributed by atoms with E-state index in [1.54, 1.807) is 21.3 Å². The van der Waals surface area contributed by atoms with Crippen LogP contribution in [0.2, 0.25) is 0 Å². The van der Waals surface area contributed by atoms with Gasteiger partial charge in [-0.1, -0.05) is 24.6 Å². The Balaban J connectivity index is 1.03. The van der Waals surface area contributed by atoms with Crippen LogP contribution in [-0.4, -0.2) is 117 Å². The van der Waals surface area contributed by atoms with Crippen LogP contribution in [0.1, 0.15) is 95.1 Å². The lowest BCUT2D eigenvalue weighted by Crippen LogP contribution is -2.46. The van der Waals surface area contributed by atoms with E-state index in [-0.39, 0.29) is 53.5 Å². The second kappa shape index (κ2) is 19.7. The molecule has 0 radical (unpaired) electrons. The van der Waals surface area contributed by atoms with Crippen LogP contribution in [0.4, 0.5) is 0 Å². The topological polar surface area (TPSA) is 189 Å². The highest BCUT2D eigenvalue weighted by molar-refractivity contribution is 6.31. The first-order chi connectivity index (χ1) is 29.2. The molecule has 4 fully saturated rings. The Labute approximate surface area is 358 Å². The Morgan fingerprint density at radius 2 is 1.41 bits per heavy atom. The Morgan fingerprint density at radius 1 is 0.820 bits per heavy atom. The van der Waals surface area contributed by atoms with Crippen molar-refractivity contribution in [2.75, 3.05) is 55.1 Å². The Kier molecular flexibility index (Phi) is 14.7. The number of nitrogens with one attached hydrogen (secondary N) is 2. The van der Waals surface area contributed by atoms with Gasteiger partial charge in [-0.15, -0.1) is 0 Å². The normalized spacial score (nSPS) is 26.2.